The molecular weight excluding hydrogens is 258 g/mol. The van der Waals surface area contributed by atoms with Gasteiger partial charge in [-0.3, -0.25) is 9.78 Å². The number of pyridine rings is 1. The number of rotatable bonds is 5. The van der Waals surface area contributed by atoms with Crippen molar-refractivity contribution in [2.24, 2.45) is 0 Å². The fourth-order valence-corrected chi connectivity index (χ4v) is 2.43. The molecule has 2 heterocycles. The second kappa shape index (κ2) is 6.43. The van der Waals surface area contributed by atoms with Crippen LogP contribution in [0.1, 0.15) is 26.0 Å². The average Bonchev–Trinajstić information content (AvgIpc) is 2.88. The molecule has 0 saturated heterocycles. The molecule has 1 unspecified atom stereocenters. The lowest BCUT2D eigenvalue weighted by atomic mass is 10.2. The summed E-state index contributed by atoms with van der Waals surface area (Å²) in [6.45, 7) is 4.05. The lowest BCUT2D eigenvalue weighted by Gasteiger charge is -2.10. The van der Waals surface area contributed by atoms with E-state index in [1.807, 2.05) is 24.4 Å². The molecule has 100 valence electrons. The van der Waals surface area contributed by atoms with Crippen molar-refractivity contribution in [3.05, 3.63) is 35.6 Å². The van der Waals surface area contributed by atoms with Gasteiger partial charge in [-0.2, -0.15) is 0 Å². The van der Waals surface area contributed by atoms with Crippen LogP contribution in [0.4, 0.5) is 0 Å². The Bertz CT molecular complexity index is 539. The number of amides is 1. The van der Waals surface area contributed by atoms with Crippen LogP contribution in [0.25, 0.3) is 10.6 Å². The fraction of sp³-hybridized carbons (Fsp3) is 0.357. The highest BCUT2D eigenvalue weighted by molar-refractivity contribution is 7.13. The van der Waals surface area contributed by atoms with E-state index < -0.39 is 0 Å². The standard InChI is InChI=1S/C14H17N3OS/c1-3-10(2)16-13(18)8-12-9-19-14(17-12)11-4-6-15-7-5-11/h4-7,9-10H,3,8H2,1-2H3,(H,16,18). The lowest BCUT2D eigenvalue weighted by molar-refractivity contribution is -0.121. The minimum atomic E-state index is 0.0286. The SMILES string of the molecule is CCC(C)NC(=O)Cc1csc(-c2ccncc2)n1. The Morgan fingerprint density at radius 3 is 2.84 bits per heavy atom. The first-order valence-corrected chi connectivity index (χ1v) is 7.21. The van der Waals surface area contributed by atoms with Crippen LogP contribution in [0.3, 0.4) is 0 Å². The number of nitrogens with one attached hydrogen (secondary N) is 1. The highest BCUT2D eigenvalue weighted by Gasteiger charge is 2.10. The molecule has 0 radical (unpaired) electrons. The summed E-state index contributed by atoms with van der Waals surface area (Å²) in [6, 6.07) is 4.05. The van der Waals surface area contributed by atoms with Gasteiger partial charge in [0.2, 0.25) is 5.91 Å². The van der Waals surface area contributed by atoms with Crippen LogP contribution in [-0.2, 0) is 11.2 Å². The first-order chi connectivity index (χ1) is 9.19. The lowest BCUT2D eigenvalue weighted by Crippen LogP contribution is -2.33. The predicted octanol–water partition coefficient (Wildman–Crippen LogP) is 2.66. The van der Waals surface area contributed by atoms with Gasteiger partial charge in [-0.15, -0.1) is 11.3 Å². The van der Waals surface area contributed by atoms with Crippen molar-refractivity contribution in [1.29, 1.82) is 0 Å². The summed E-state index contributed by atoms with van der Waals surface area (Å²) in [7, 11) is 0. The maximum Gasteiger partial charge on any atom is 0.226 e. The summed E-state index contributed by atoms with van der Waals surface area (Å²) in [6.07, 6.45) is 4.76. The third kappa shape index (κ3) is 3.86. The third-order valence-electron chi connectivity index (χ3n) is 2.84. The molecule has 0 aliphatic rings. The molecule has 2 rings (SSSR count). The molecule has 0 bridgehead atoms. The van der Waals surface area contributed by atoms with Gasteiger partial charge in [-0.25, -0.2) is 4.98 Å². The maximum atomic E-state index is 11.8. The summed E-state index contributed by atoms with van der Waals surface area (Å²) in [5.74, 6) is 0.0286. The van der Waals surface area contributed by atoms with Crippen LogP contribution >= 0.6 is 11.3 Å². The van der Waals surface area contributed by atoms with Gasteiger partial charge >= 0.3 is 0 Å². The predicted molar refractivity (Wildman–Crippen MR) is 76.9 cm³/mol. The van der Waals surface area contributed by atoms with Gasteiger partial charge in [-0.1, -0.05) is 6.92 Å². The Morgan fingerprint density at radius 2 is 2.16 bits per heavy atom. The number of thiazole rings is 1. The Labute approximate surface area is 116 Å². The van der Waals surface area contributed by atoms with E-state index in [0.717, 1.165) is 22.7 Å². The molecule has 2 aromatic rings. The fourth-order valence-electron chi connectivity index (χ4n) is 1.61. The van der Waals surface area contributed by atoms with Crippen LogP contribution in [-0.4, -0.2) is 21.9 Å². The van der Waals surface area contributed by atoms with Gasteiger partial charge in [0, 0.05) is 29.4 Å². The van der Waals surface area contributed by atoms with Crippen LogP contribution in [0.5, 0.6) is 0 Å². The van der Waals surface area contributed by atoms with Gasteiger partial charge in [-0.05, 0) is 25.5 Å². The highest BCUT2D eigenvalue weighted by Crippen LogP contribution is 2.22. The number of nitrogens with zero attached hydrogens (tertiary/aromatic N) is 2. The average molecular weight is 275 g/mol. The number of carbonyl (C=O) groups is 1. The molecule has 19 heavy (non-hydrogen) atoms. The van der Waals surface area contributed by atoms with Crippen molar-refractivity contribution >= 4 is 17.2 Å². The largest absolute Gasteiger partial charge is 0.353 e. The molecule has 0 saturated carbocycles. The Morgan fingerprint density at radius 1 is 1.42 bits per heavy atom. The van der Waals surface area contributed by atoms with E-state index in [0.29, 0.717) is 6.42 Å². The van der Waals surface area contributed by atoms with Crippen LogP contribution in [0.2, 0.25) is 0 Å². The first-order valence-electron chi connectivity index (χ1n) is 6.33. The molecule has 1 atom stereocenters. The minimum Gasteiger partial charge on any atom is -0.353 e. The molecule has 2 aromatic heterocycles. The molecule has 4 nitrogen and oxygen atoms in total. The molecule has 0 spiro atoms. The molecule has 0 aliphatic heterocycles. The van der Waals surface area contributed by atoms with Crippen LogP contribution in [0.15, 0.2) is 29.9 Å². The number of aromatic nitrogens is 2. The zero-order valence-electron chi connectivity index (χ0n) is 11.1. The normalized spacial score (nSPS) is 12.1. The number of hydrogen-bond acceptors (Lipinski definition) is 4. The van der Waals surface area contributed by atoms with Crippen LogP contribution in [0, 0.1) is 0 Å². The quantitative estimate of drug-likeness (QED) is 0.912. The Balaban J connectivity index is 2.00. The molecule has 5 heteroatoms. The van der Waals surface area contributed by atoms with E-state index in [4.69, 9.17) is 0 Å². The summed E-state index contributed by atoms with van der Waals surface area (Å²) < 4.78 is 0. The molecule has 0 aromatic carbocycles. The van der Waals surface area contributed by atoms with E-state index in [1.54, 1.807) is 23.7 Å². The monoisotopic (exact) mass is 275 g/mol. The Kier molecular flexibility index (Phi) is 4.63. The number of hydrogen-bond donors (Lipinski definition) is 1. The van der Waals surface area contributed by atoms with Crippen molar-refractivity contribution in [1.82, 2.24) is 15.3 Å². The summed E-state index contributed by atoms with van der Waals surface area (Å²) in [4.78, 5) is 20.2. The highest BCUT2D eigenvalue weighted by atomic mass is 32.1. The maximum absolute atomic E-state index is 11.8. The molecule has 0 aliphatic carbocycles. The van der Waals surface area contributed by atoms with Crippen molar-refractivity contribution < 1.29 is 4.79 Å². The van der Waals surface area contributed by atoms with Gasteiger partial charge in [0.1, 0.15) is 5.01 Å². The molecule has 0 fully saturated rings. The third-order valence-corrected chi connectivity index (χ3v) is 3.78. The van der Waals surface area contributed by atoms with E-state index in [-0.39, 0.29) is 11.9 Å². The first kappa shape index (κ1) is 13.7. The van der Waals surface area contributed by atoms with Crippen molar-refractivity contribution in [2.45, 2.75) is 32.7 Å². The van der Waals surface area contributed by atoms with Crippen molar-refractivity contribution in [2.75, 3.05) is 0 Å². The van der Waals surface area contributed by atoms with Gasteiger partial charge in [0.15, 0.2) is 0 Å². The smallest absolute Gasteiger partial charge is 0.226 e. The van der Waals surface area contributed by atoms with Crippen molar-refractivity contribution in [3.8, 4) is 10.6 Å². The topological polar surface area (TPSA) is 54.9 Å². The number of carbonyl (C=O) groups excluding carboxylic acids is 1. The van der Waals surface area contributed by atoms with E-state index in [9.17, 15) is 4.79 Å². The summed E-state index contributed by atoms with van der Waals surface area (Å²) in [5, 5.41) is 5.80. The summed E-state index contributed by atoms with van der Waals surface area (Å²) in [5.41, 5.74) is 1.85. The minimum absolute atomic E-state index is 0.0286. The van der Waals surface area contributed by atoms with Gasteiger partial charge in [0.05, 0.1) is 12.1 Å². The summed E-state index contributed by atoms with van der Waals surface area (Å²) >= 11 is 1.55. The van der Waals surface area contributed by atoms with Crippen molar-refractivity contribution in [3.63, 3.8) is 0 Å². The second-order valence-corrected chi connectivity index (χ2v) is 5.29. The molecule has 1 amide bonds. The Hall–Kier alpha value is -1.75. The molecule has 1 N–H and O–H groups in total. The van der Waals surface area contributed by atoms with Gasteiger partial charge < -0.3 is 5.32 Å². The van der Waals surface area contributed by atoms with E-state index in [2.05, 4.69) is 22.2 Å². The van der Waals surface area contributed by atoms with E-state index in [1.165, 1.54) is 0 Å². The van der Waals surface area contributed by atoms with E-state index >= 15 is 0 Å². The molecular formula is C14H17N3OS. The van der Waals surface area contributed by atoms with Crippen LogP contribution < -0.4 is 5.32 Å². The van der Waals surface area contributed by atoms with Gasteiger partial charge in [0.25, 0.3) is 0 Å². The second-order valence-electron chi connectivity index (χ2n) is 4.43. The zero-order chi connectivity index (χ0) is 13.7. The zero-order valence-corrected chi connectivity index (χ0v) is 11.9.